The standard InChI is InChI=1S/C21H22ClN5O3S/c1-23-31(29,30)16-9-10-18(22)17(13-16)21(28)24-15-7-5-6-14(12-15)20-26-25-19-8-3-2-4-11-27(19)20/h5-7,9-10,12-13,23H,2-4,8,11H2,1H3,(H,24,28). The first-order valence-corrected chi connectivity index (χ1v) is 11.8. The molecule has 0 bridgehead atoms. The molecule has 0 saturated heterocycles. The number of carbonyl (C=O) groups is 1. The first-order valence-electron chi connectivity index (χ1n) is 9.96. The van der Waals surface area contributed by atoms with E-state index in [1.54, 1.807) is 6.07 Å². The van der Waals surface area contributed by atoms with Crippen molar-refractivity contribution in [1.29, 1.82) is 0 Å². The molecule has 162 valence electrons. The van der Waals surface area contributed by atoms with Crippen LogP contribution in [0.1, 0.15) is 35.4 Å². The number of benzene rings is 2. The molecule has 1 amide bonds. The van der Waals surface area contributed by atoms with Crippen LogP contribution in [-0.4, -0.2) is 36.1 Å². The maximum absolute atomic E-state index is 12.8. The monoisotopic (exact) mass is 459 g/mol. The number of hydrogen-bond acceptors (Lipinski definition) is 5. The number of carbonyl (C=O) groups excluding carboxylic acids is 1. The van der Waals surface area contributed by atoms with Gasteiger partial charge in [0, 0.05) is 24.2 Å². The lowest BCUT2D eigenvalue weighted by molar-refractivity contribution is 0.102. The van der Waals surface area contributed by atoms with Gasteiger partial charge in [0.25, 0.3) is 5.91 Å². The number of halogens is 1. The normalized spacial score (nSPS) is 14.0. The Labute approximate surface area is 185 Å². The van der Waals surface area contributed by atoms with Crippen LogP contribution in [0.15, 0.2) is 47.4 Å². The molecule has 31 heavy (non-hydrogen) atoms. The van der Waals surface area contributed by atoms with Crippen LogP contribution in [0.3, 0.4) is 0 Å². The molecule has 2 heterocycles. The zero-order chi connectivity index (χ0) is 22.0. The van der Waals surface area contributed by atoms with Gasteiger partial charge >= 0.3 is 0 Å². The van der Waals surface area contributed by atoms with Crippen LogP contribution in [0.25, 0.3) is 11.4 Å². The quantitative estimate of drug-likeness (QED) is 0.607. The molecule has 8 nitrogen and oxygen atoms in total. The van der Waals surface area contributed by atoms with Gasteiger partial charge in [-0.2, -0.15) is 0 Å². The van der Waals surface area contributed by atoms with Gasteiger partial charge < -0.3 is 9.88 Å². The van der Waals surface area contributed by atoms with Crippen LogP contribution in [0.5, 0.6) is 0 Å². The predicted molar refractivity (Wildman–Crippen MR) is 119 cm³/mol. The van der Waals surface area contributed by atoms with E-state index in [1.807, 2.05) is 18.2 Å². The summed E-state index contributed by atoms with van der Waals surface area (Å²) in [6.07, 6.45) is 4.27. The molecule has 0 unspecified atom stereocenters. The van der Waals surface area contributed by atoms with Crippen LogP contribution in [-0.2, 0) is 23.0 Å². The van der Waals surface area contributed by atoms with E-state index in [1.165, 1.54) is 31.7 Å². The average Bonchev–Trinajstić information content (AvgIpc) is 3.02. The minimum absolute atomic E-state index is 0.0375. The molecule has 3 aromatic rings. The van der Waals surface area contributed by atoms with E-state index in [0.717, 1.165) is 43.0 Å². The second kappa shape index (κ2) is 8.78. The molecular formula is C21H22ClN5O3S. The summed E-state index contributed by atoms with van der Waals surface area (Å²) in [6.45, 7) is 0.872. The van der Waals surface area contributed by atoms with E-state index in [-0.39, 0.29) is 15.5 Å². The summed E-state index contributed by atoms with van der Waals surface area (Å²) in [4.78, 5) is 12.8. The average molecular weight is 460 g/mol. The van der Waals surface area contributed by atoms with Crippen molar-refractivity contribution in [3.8, 4) is 11.4 Å². The van der Waals surface area contributed by atoms with Gasteiger partial charge in [0.05, 0.1) is 15.5 Å². The number of fused-ring (bicyclic) bond motifs is 1. The third-order valence-corrected chi connectivity index (χ3v) is 6.99. The van der Waals surface area contributed by atoms with Crippen molar-refractivity contribution in [3.05, 3.63) is 58.9 Å². The zero-order valence-electron chi connectivity index (χ0n) is 16.9. The third kappa shape index (κ3) is 4.48. The number of aryl methyl sites for hydroxylation is 1. The number of rotatable bonds is 5. The van der Waals surface area contributed by atoms with E-state index in [4.69, 9.17) is 11.6 Å². The van der Waals surface area contributed by atoms with Crippen LogP contribution in [0.2, 0.25) is 5.02 Å². The molecule has 0 atom stereocenters. The first-order chi connectivity index (χ1) is 14.9. The second-order valence-corrected chi connectivity index (χ2v) is 9.58. The maximum atomic E-state index is 12.8. The summed E-state index contributed by atoms with van der Waals surface area (Å²) in [5.74, 6) is 1.25. The van der Waals surface area contributed by atoms with Crippen molar-refractivity contribution >= 4 is 33.2 Å². The molecular weight excluding hydrogens is 438 g/mol. The van der Waals surface area contributed by atoms with Crippen LogP contribution in [0, 0.1) is 0 Å². The van der Waals surface area contributed by atoms with Crippen LogP contribution >= 0.6 is 11.6 Å². The molecule has 1 aromatic heterocycles. The molecule has 2 aromatic carbocycles. The zero-order valence-corrected chi connectivity index (χ0v) is 18.5. The highest BCUT2D eigenvalue weighted by Crippen LogP contribution is 2.26. The Morgan fingerprint density at radius 1 is 1.10 bits per heavy atom. The summed E-state index contributed by atoms with van der Waals surface area (Å²) in [7, 11) is -2.39. The highest BCUT2D eigenvalue weighted by molar-refractivity contribution is 7.89. The topological polar surface area (TPSA) is 106 Å². The third-order valence-electron chi connectivity index (χ3n) is 5.25. The molecule has 0 saturated carbocycles. The number of amides is 1. The molecule has 0 fully saturated rings. The summed E-state index contributed by atoms with van der Waals surface area (Å²) in [5, 5.41) is 11.6. The molecule has 2 N–H and O–H groups in total. The van der Waals surface area contributed by atoms with Gasteiger partial charge in [-0.05, 0) is 50.2 Å². The number of nitrogens with zero attached hydrogens (tertiary/aromatic N) is 3. The van der Waals surface area contributed by atoms with Gasteiger partial charge in [0.15, 0.2) is 5.82 Å². The predicted octanol–water partition coefficient (Wildman–Crippen LogP) is 3.49. The molecule has 0 spiro atoms. The van der Waals surface area contributed by atoms with E-state index < -0.39 is 15.9 Å². The Hall–Kier alpha value is -2.75. The Bertz CT molecular complexity index is 1240. The van der Waals surface area contributed by atoms with E-state index in [9.17, 15) is 13.2 Å². The number of sulfonamides is 1. The number of anilines is 1. The van der Waals surface area contributed by atoms with Gasteiger partial charge in [-0.3, -0.25) is 4.79 Å². The van der Waals surface area contributed by atoms with Crippen molar-refractivity contribution in [3.63, 3.8) is 0 Å². The summed E-state index contributed by atoms with van der Waals surface area (Å²) < 4.78 is 28.5. The number of hydrogen-bond donors (Lipinski definition) is 2. The fourth-order valence-electron chi connectivity index (χ4n) is 3.60. The molecule has 10 heteroatoms. The fraction of sp³-hybridized carbons (Fsp3) is 0.286. The van der Waals surface area contributed by atoms with Crippen molar-refractivity contribution in [2.45, 2.75) is 37.1 Å². The summed E-state index contributed by atoms with van der Waals surface area (Å²) in [6, 6.07) is 11.3. The lowest BCUT2D eigenvalue weighted by Crippen LogP contribution is -2.20. The lowest BCUT2D eigenvalue weighted by Gasteiger charge is -2.11. The first kappa shape index (κ1) is 21.5. The Kier molecular flexibility index (Phi) is 6.08. The Morgan fingerprint density at radius 3 is 2.74 bits per heavy atom. The van der Waals surface area contributed by atoms with E-state index in [2.05, 4.69) is 24.8 Å². The number of nitrogens with one attached hydrogen (secondary N) is 2. The maximum Gasteiger partial charge on any atom is 0.257 e. The minimum Gasteiger partial charge on any atom is -0.322 e. The highest BCUT2D eigenvalue weighted by atomic mass is 35.5. The van der Waals surface area contributed by atoms with Crippen molar-refractivity contribution in [2.24, 2.45) is 0 Å². The Balaban J connectivity index is 1.61. The van der Waals surface area contributed by atoms with Crippen molar-refractivity contribution in [2.75, 3.05) is 12.4 Å². The Morgan fingerprint density at radius 2 is 1.94 bits per heavy atom. The van der Waals surface area contributed by atoms with E-state index >= 15 is 0 Å². The van der Waals surface area contributed by atoms with Gasteiger partial charge in [-0.25, -0.2) is 13.1 Å². The molecule has 1 aliphatic heterocycles. The van der Waals surface area contributed by atoms with Gasteiger partial charge in [-0.15, -0.1) is 10.2 Å². The second-order valence-electron chi connectivity index (χ2n) is 7.29. The van der Waals surface area contributed by atoms with Crippen molar-refractivity contribution < 1.29 is 13.2 Å². The summed E-state index contributed by atoms with van der Waals surface area (Å²) >= 11 is 6.16. The van der Waals surface area contributed by atoms with Crippen LogP contribution in [0.4, 0.5) is 5.69 Å². The smallest absolute Gasteiger partial charge is 0.257 e. The lowest BCUT2D eigenvalue weighted by atomic mass is 10.1. The largest absolute Gasteiger partial charge is 0.322 e. The number of aromatic nitrogens is 3. The molecule has 0 radical (unpaired) electrons. The van der Waals surface area contributed by atoms with Gasteiger partial charge in [0.1, 0.15) is 5.82 Å². The summed E-state index contributed by atoms with van der Waals surface area (Å²) in [5.41, 5.74) is 1.46. The van der Waals surface area contributed by atoms with Gasteiger partial charge in [0.2, 0.25) is 10.0 Å². The fourth-order valence-corrected chi connectivity index (χ4v) is 4.56. The SMILES string of the molecule is CNS(=O)(=O)c1ccc(Cl)c(C(=O)Nc2cccc(-c3nnc4n3CCCCC4)c2)c1. The molecule has 0 aliphatic carbocycles. The highest BCUT2D eigenvalue weighted by Gasteiger charge is 2.19. The van der Waals surface area contributed by atoms with Crippen LogP contribution < -0.4 is 10.0 Å². The molecule has 1 aliphatic rings. The minimum atomic E-state index is -3.70. The van der Waals surface area contributed by atoms with Crippen molar-refractivity contribution in [1.82, 2.24) is 19.5 Å². The molecule has 4 rings (SSSR count). The van der Waals surface area contributed by atoms with Gasteiger partial charge in [-0.1, -0.05) is 30.2 Å². The van der Waals surface area contributed by atoms with E-state index in [0.29, 0.717) is 5.69 Å².